The van der Waals surface area contributed by atoms with E-state index in [0.717, 1.165) is 6.42 Å². The molecule has 0 aromatic carbocycles. The van der Waals surface area contributed by atoms with Crippen LogP contribution in [0.2, 0.25) is 0 Å². The molecule has 0 rings (SSSR count). The van der Waals surface area contributed by atoms with Gasteiger partial charge in [-0.3, -0.25) is 0 Å². The van der Waals surface area contributed by atoms with Gasteiger partial charge < -0.3 is 5.73 Å². The first-order valence-electron chi connectivity index (χ1n) is 3.30. The highest BCUT2D eigenvalue weighted by Gasteiger charge is 1.91. The van der Waals surface area contributed by atoms with Crippen LogP contribution in [-0.2, 0) is 0 Å². The van der Waals surface area contributed by atoms with Gasteiger partial charge >= 0.3 is 6.03 Å². The molecule has 0 aliphatic carbocycles. The molecule has 0 fully saturated rings. The number of nitrogens with two attached hydrogens (primary N) is 1. The van der Waals surface area contributed by atoms with Crippen molar-refractivity contribution in [2.45, 2.75) is 20.3 Å². The van der Waals surface area contributed by atoms with Crippen molar-refractivity contribution in [1.29, 1.82) is 0 Å². The lowest BCUT2D eigenvalue weighted by molar-refractivity contribution is 0.255. The van der Waals surface area contributed by atoms with Gasteiger partial charge in [0.1, 0.15) is 0 Å². The van der Waals surface area contributed by atoms with E-state index in [1.54, 1.807) is 0 Å². The Kier molecular flexibility index (Phi) is 4.45. The second-order valence-electron chi connectivity index (χ2n) is 2.49. The van der Waals surface area contributed by atoms with Gasteiger partial charge in [-0.15, -0.1) is 0 Å². The number of azo groups is 1. The van der Waals surface area contributed by atoms with E-state index in [1.807, 2.05) is 0 Å². The zero-order valence-electron chi connectivity index (χ0n) is 6.37. The van der Waals surface area contributed by atoms with Crippen LogP contribution in [0.3, 0.4) is 0 Å². The third-order valence-electron chi connectivity index (χ3n) is 0.976. The van der Waals surface area contributed by atoms with E-state index >= 15 is 0 Å². The summed E-state index contributed by atoms with van der Waals surface area (Å²) in [6.45, 7) is 4.75. The van der Waals surface area contributed by atoms with Crippen LogP contribution in [0.5, 0.6) is 0 Å². The molecule has 0 aromatic rings. The highest BCUT2D eigenvalue weighted by molar-refractivity contribution is 5.71. The lowest BCUT2D eigenvalue weighted by atomic mass is 10.1. The molecule has 0 atom stereocenters. The first-order valence-corrected chi connectivity index (χ1v) is 3.30. The Labute approximate surface area is 60.5 Å². The van der Waals surface area contributed by atoms with E-state index in [0.29, 0.717) is 12.5 Å². The Hall–Kier alpha value is -0.930. The number of urea groups is 1. The fourth-order valence-corrected chi connectivity index (χ4v) is 0.436. The summed E-state index contributed by atoms with van der Waals surface area (Å²) in [4.78, 5) is 10.0. The molecule has 10 heavy (non-hydrogen) atoms. The number of carbonyl (C=O) groups excluding carboxylic acids is 1. The summed E-state index contributed by atoms with van der Waals surface area (Å²) in [6, 6.07) is -0.719. The van der Waals surface area contributed by atoms with Gasteiger partial charge in [0.05, 0.1) is 6.54 Å². The minimum absolute atomic E-state index is 0.584. The predicted molar refractivity (Wildman–Crippen MR) is 38.8 cm³/mol. The highest BCUT2D eigenvalue weighted by atomic mass is 16.2. The van der Waals surface area contributed by atoms with Gasteiger partial charge in [0, 0.05) is 0 Å². The van der Waals surface area contributed by atoms with Crippen molar-refractivity contribution in [3.8, 4) is 0 Å². The van der Waals surface area contributed by atoms with E-state index < -0.39 is 6.03 Å². The van der Waals surface area contributed by atoms with E-state index in [2.05, 4.69) is 24.1 Å². The van der Waals surface area contributed by atoms with Crippen molar-refractivity contribution in [3.63, 3.8) is 0 Å². The minimum Gasteiger partial charge on any atom is -0.348 e. The first-order chi connectivity index (χ1) is 4.63. The number of hydrogen-bond acceptors (Lipinski definition) is 2. The quantitative estimate of drug-likeness (QED) is 0.598. The molecule has 0 aromatic heterocycles. The van der Waals surface area contributed by atoms with Crippen LogP contribution < -0.4 is 5.73 Å². The van der Waals surface area contributed by atoms with Crippen molar-refractivity contribution in [3.05, 3.63) is 0 Å². The number of primary amides is 1. The molecule has 0 spiro atoms. The molecule has 0 unspecified atom stereocenters. The number of carbonyl (C=O) groups is 1. The Morgan fingerprint density at radius 2 is 2.20 bits per heavy atom. The smallest absolute Gasteiger partial charge is 0.348 e. The Bertz CT molecular complexity index is 131. The fraction of sp³-hybridized carbons (Fsp3) is 0.833. The summed E-state index contributed by atoms with van der Waals surface area (Å²) in [6.07, 6.45) is 0.941. The van der Waals surface area contributed by atoms with Crippen LogP contribution in [0.15, 0.2) is 10.2 Å². The maximum absolute atomic E-state index is 10.0. The monoisotopic (exact) mass is 143 g/mol. The van der Waals surface area contributed by atoms with E-state index in [-0.39, 0.29) is 0 Å². The normalized spacial score (nSPS) is 11.1. The Balaban J connectivity index is 3.27. The molecule has 4 nitrogen and oxygen atoms in total. The third-order valence-corrected chi connectivity index (χ3v) is 0.976. The van der Waals surface area contributed by atoms with Gasteiger partial charge in [-0.05, 0) is 12.3 Å². The van der Waals surface area contributed by atoms with Gasteiger partial charge in [0.2, 0.25) is 0 Å². The summed E-state index contributed by atoms with van der Waals surface area (Å²) in [5.41, 5.74) is 4.71. The van der Waals surface area contributed by atoms with Gasteiger partial charge in [-0.2, -0.15) is 5.11 Å². The molecule has 0 radical (unpaired) electrons. The minimum atomic E-state index is -0.719. The third kappa shape index (κ3) is 7.07. The summed E-state index contributed by atoms with van der Waals surface area (Å²) in [7, 11) is 0. The molecule has 0 saturated heterocycles. The summed E-state index contributed by atoms with van der Waals surface area (Å²) < 4.78 is 0. The van der Waals surface area contributed by atoms with Gasteiger partial charge in [0.15, 0.2) is 0 Å². The zero-order valence-corrected chi connectivity index (χ0v) is 6.37. The van der Waals surface area contributed by atoms with Crippen molar-refractivity contribution in [2.75, 3.05) is 6.54 Å². The van der Waals surface area contributed by atoms with Crippen LogP contribution in [0, 0.1) is 5.92 Å². The first kappa shape index (κ1) is 9.07. The van der Waals surface area contributed by atoms with Crippen molar-refractivity contribution in [1.82, 2.24) is 0 Å². The predicted octanol–water partition coefficient (Wildman–Crippen LogP) is 1.56. The largest absolute Gasteiger partial charge is 0.356 e. The summed E-state index contributed by atoms with van der Waals surface area (Å²) in [5.74, 6) is 0.590. The number of rotatable bonds is 3. The standard InChI is InChI=1S/C6H13N3O/c1-5(2)3-4-8-9-6(7)10/h5H,3-4H2,1-2H3,(H2,7,10). The van der Waals surface area contributed by atoms with Crippen LogP contribution >= 0.6 is 0 Å². The lowest BCUT2D eigenvalue weighted by Gasteiger charge is -1.96. The second-order valence-corrected chi connectivity index (χ2v) is 2.49. The van der Waals surface area contributed by atoms with Crippen LogP contribution in [0.1, 0.15) is 20.3 Å². The molecule has 4 heteroatoms. The van der Waals surface area contributed by atoms with Gasteiger partial charge in [-0.1, -0.05) is 19.0 Å². The number of nitrogens with zero attached hydrogens (tertiary/aromatic N) is 2. The molecular formula is C6H13N3O. The lowest BCUT2D eigenvalue weighted by Crippen LogP contribution is -2.02. The molecular weight excluding hydrogens is 130 g/mol. The SMILES string of the molecule is CC(C)CCN=NC(N)=O. The maximum Gasteiger partial charge on any atom is 0.356 e. The Morgan fingerprint density at radius 3 is 2.60 bits per heavy atom. The molecule has 2 N–H and O–H groups in total. The molecule has 0 aliphatic rings. The van der Waals surface area contributed by atoms with Crippen LogP contribution in [0.4, 0.5) is 4.79 Å². The topological polar surface area (TPSA) is 67.8 Å². The highest BCUT2D eigenvalue weighted by Crippen LogP contribution is 1.98. The molecule has 0 aliphatic heterocycles. The molecule has 58 valence electrons. The molecule has 0 saturated carbocycles. The molecule has 0 heterocycles. The zero-order chi connectivity index (χ0) is 7.98. The van der Waals surface area contributed by atoms with Gasteiger partial charge in [-0.25, -0.2) is 4.79 Å². The van der Waals surface area contributed by atoms with Crippen LogP contribution in [-0.4, -0.2) is 12.6 Å². The average molecular weight is 143 g/mol. The number of amides is 2. The van der Waals surface area contributed by atoms with E-state index in [1.165, 1.54) is 0 Å². The van der Waals surface area contributed by atoms with Gasteiger partial charge in [0.25, 0.3) is 0 Å². The van der Waals surface area contributed by atoms with Crippen LogP contribution in [0.25, 0.3) is 0 Å². The fourth-order valence-electron chi connectivity index (χ4n) is 0.436. The number of hydrogen-bond donors (Lipinski definition) is 1. The summed E-state index contributed by atoms with van der Waals surface area (Å²) in [5, 5.41) is 6.72. The summed E-state index contributed by atoms with van der Waals surface area (Å²) >= 11 is 0. The molecule has 0 bridgehead atoms. The maximum atomic E-state index is 10.0. The molecule has 2 amide bonds. The van der Waals surface area contributed by atoms with E-state index in [4.69, 9.17) is 5.73 Å². The van der Waals surface area contributed by atoms with E-state index in [9.17, 15) is 4.79 Å². The average Bonchev–Trinajstić information content (AvgIpc) is 1.79. The second kappa shape index (κ2) is 4.90. The van der Waals surface area contributed by atoms with Crippen molar-refractivity contribution < 1.29 is 4.79 Å². The van der Waals surface area contributed by atoms with Crippen molar-refractivity contribution in [2.24, 2.45) is 21.9 Å². The Morgan fingerprint density at radius 1 is 1.60 bits per heavy atom. The van der Waals surface area contributed by atoms with Crippen molar-refractivity contribution >= 4 is 6.03 Å².